The third-order valence-electron chi connectivity index (χ3n) is 11.5. The van der Waals surface area contributed by atoms with E-state index in [2.05, 4.69) is 50.3 Å². The topological polar surface area (TPSA) is 192 Å². The lowest BCUT2D eigenvalue weighted by Gasteiger charge is -2.41. The van der Waals surface area contributed by atoms with Gasteiger partial charge in [0.05, 0.1) is 13.2 Å². The molecule has 6 atom stereocenters. The van der Waals surface area contributed by atoms with Crippen LogP contribution in [0.25, 0.3) is 0 Å². The third-order valence-corrected chi connectivity index (χ3v) is 12.5. The van der Waals surface area contributed by atoms with Crippen molar-refractivity contribution >= 4 is 13.8 Å². The molecule has 1 fully saturated rings. The van der Waals surface area contributed by atoms with Crippen LogP contribution in [0.3, 0.4) is 0 Å². The number of aliphatic hydroxyl groups is 5. The molecule has 6 N–H and O–H groups in total. The molecule has 62 heavy (non-hydrogen) atoms. The van der Waals surface area contributed by atoms with Gasteiger partial charge in [-0.3, -0.25) is 13.8 Å². The Morgan fingerprint density at radius 3 is 1.45 bits per heavy atom. The SMILES string of the molecule is CC/C=C\C/C=C\C/C=C\CCCCCCCCOCC(COP(=O)(O)OC1C(O)C(O)C(O)C(O)C1O)OC(=O)CCCCCCCCCCCCCCCCCCCCC. The maximum Gasteiger partial charge on any atom is 0.472 e. The fourth-order valence-corrected chi connectivity index (χ4v) is 8.58. The molecule has 0 aromatic carbocycles. The van der Waals surface area contributed by atoms with Gasteiger partial charge in [-0.1, -0.05) is 192 Å². The van der Waals surface area contributed by atoms with Crippen LogP contribution in [0.2, 0.25) is 0 Å². The minimum absolute atomic E-state index is 0.0831. The quantitative estimate of drug-likeness (QED) is 0.0147. The molecule has 0 heterocycles. The van der Waals surface area contributed by atoms with Crippen LogP contribution in [0.4, 0.5) is 0 Å². The number of phosphoric ester groups is 1. The van der Waals surface area contributed by atoms with E-state index >= 15 is 0 Å². The summed E-state index contributed by atoms with van der Waals surface area (Å²) in [5.41, 5.74) is 0. The fraction of sp³-hybridized carbons (Fsp3) is 0.857. The van der Waals surface area contributed by atoms with Crippen LogP contribution in [0.15, 0.2) is 36.5 Å². The maximum absolute atomic E-state index is 12.8. The van der Waals surface area contributed by atoms with E-state index in [0.717, 1.165) is 83.5 Å². The Bertz CT molecular complexity index is 1170. The number of esters is 1. The number of carbonyl (C=O) groups excluding carboxylic acids is 1. The van der Waals surface area contributed by atoms with Crippen LogP contribution in [0.5, 0.6) is 0 Å². The molecule has 0 bridgehead atoms. The zero-order valence-corrected chi connectivity index (χ0v) is 39.8. The Kier molecular flexibility index (Phi) is 37.7. The molecule has 1 saturated carbocycles. The van der Waals surface area contributed by atoms with Crippen molar-refractivity contribution in [3.8, 4) is 0 Å². The molecule has 13 heteroatoms. The van der Waals surface area contributed by atoms with Crippen molar-refractivity contribution in [3.05, 3.63) is 36.5 Å². The van der Waals surface area contributed by atoms with Crippen LogP contribution in [-0.2, 0) is 27.9 Å². The highest BCUT2D eigenvalue weighted by Crippen LogP contribution is 2.47. The van der Waals surface area contributed by atoms with E-state index in [9.17, 15) is 39.8 Å². The molecule has 1 rings (SSSR count). The van der Waals surface area contributed by atoms with E-state index in [1.807, 2.05) is 0 Å². The summed E-state index contributed by atoms with van der Waals surface area (Å²) in [6.07, 6.45) is 35.0. The summed E-state index contributed by atoms with van der Waals surface area (Å²) in [6.45, 7) is 4.15. The van der Waals surface area contributed by atoms with Gasteiger partial charge in [-0.15, -0.1) is 0 Å². The highest BCUT2D eigenvalue weighted by atomic mass is 31.2. The van der Waals surface area contributed by atoms with Gasteiger partial charge in [0.2, 0.25) is 0 Å². The Labute approximate surface area is 376 Å². The fourth-order valence-electron chi connectivity index (χ4n) is 7.61. The third kappa shape index (κ3) is 31.4. The lowest BCUT2D eigenvalue weighted by atomic mass is 9.85. The first-order valence-electron chi connectivity index (χ1n) is 24.8. The van der Waals surface area contributed by atoms with Crippen molar-refractivity contribution in [2.75, 3.05) is 19.8 Å². The summed E-state index contributed by atoms with van der Waals surface area (Å²) in [5, 5.41) is 50.2. The average Bonchev–Trinajstić information content (AvgIpc) is 3.26. The zero-order chi connectivity index (χ0) is 45.5. The molecule has 364 valence electrons. The summed E-state index contributed by atoms with van der Waals surface area (Å²) in [6, 6.07) is 0. The normalized spacial score (nSPS) is 22.3. The number of ether oxygens (including phenoxy) is 2. The average molecular weight is 903 g/mol. The molecule has 0 saturated heterocycles. The van der Waals surface area contributed by atoms with Crippen molar-refractivity contribution < 1.29 is 58.3 Å². The number of unbranched alkanes of at least 4 members (excludes halogenated alkanes) is 24. The number of aliphatic hydroxyl groups excluding tert-OH is 5. The van der Waals surface area contributed by atoms with Crippen LogP contribution < -0.4 is 0 Å². The number of carbonyl (C=O) groups is 1. The second-order valence-electron chi connectivity index (χ2n) is 17.3. The molecule has 0 aromatic heterocycles. The van der Waals surface area contributed by atoms with Crippen molar-refractivity contribution in [2.24, 2.45) is 0 Å². The summed E-state index contributed by atoms with van der Waals surface area (Å²) >= 11 is 0. The Morgan fingerprint density at radius 2 is 0.952 bits per heavy atom. The van der Waals surface area contributed by atoms with Crippen molar-refractivity contribution in [1.82, 2.24) is 0 Å². The van der Waals surface area contributed by atoms with E-state index < -0.39 is 63.1 Å². The predicted octanol–water partition coefficient (Wildman–Crippen LogP) is 10.6. The summed E-state index contributed by atoms with van der Waals surface area (Å²) < 4.78 is 34.2. The number of hydrogen-bond acceptors (Lipinski definition) is 11. The standard InChI is InChI=1S/C49H91O12P/c1-3-5-7-9-11-13-15-17-19-21-22-23-24-26-28-30-32-34-36-38-43(50)60-42(41-59-62(56,57)61-49-47(54)45(52)44(51)46(53)48(49)55)40-58-39-37-35-33-31-29-27-25-20-18-16-14-12-10-8-6-4-2/h6,8,12,14,18,20,42,44-49,51-55H,3-5,7,9-11,13,15-17,19,21-41H2,1-2H3,(H,56,57)/b8-6-,14-12-,20-18-. The Hall–Kier alpha value is -1.44. The molecule has 0 amide bonds. The van der Waals surface area contributed by atoms with Crippen LogP contribution >= 0.6 is 7.82 Å². The minimum atomic E-state index is -5.02. The number of phosphoric acid groups is 1. The van der Waals surface area contributed by atoms with E-state index in [0.29, 0.717) is 13.0 Å². The molecular formula is C49H91O12P. The van der Waals surface area contributed by atoms with E-state index in [-0.39, 0.29) is 13.0 Å². The Morgan fingerprint density at radius 1 is 0.532 bits per heavy atom. The molecule has 12 nitrogen and oxygen atoms in total. The second kappa shape index (κ2) is 39.9. The molecule has 0 radical (unpaired) electrons. The first-order valence-corrected chi connectivity index (χ1v) is 26.3. The summed E-state index contributed by atoms with van der Waals surface area (Å²) in [4.78, 5) is 23.2. The largest absolute Gasteiger partial charge is 0.472 e. The van der Waals surface area contributed by atoms with Gasteiger partial charge in [0, 0.05) is 13.0 Å². The maximum atomic E-state index is 12.8. The highest BCUT2D eigenvalue weighted by Gasteiger charge is 2.51. The van der Waals surface area contributed by atoms with Gasteiger partial charge in [0.15, 0.2) is 0 Å². The van der Waals surface area contributed by atoms with Gasteiger partial charge >= 0.3 is 13.8 Å². The highest BCUT2D eigenvalue weighted by molar-refractivity contribution is 7.47. The number of hydrogen-bond donors (Lipinski definition) is 6. The molecule has 0 aromatic rings. The lowest BCUT2D eigenvalue weighted by Crippen LogP contribution is -2.64. The van der Waals surface area contributed by atoms with Gasteiger partial charge in [-0.05, 0) is 44.9 Å². The minimum Gasteiger partial charge on any atom is -0.457 e. The van der Waals surface area contributed by atoms with Gasteiger partial charge in [0.25, 0.3) is 0 Å². The van der Waals surface area contributed by atoms with Gasteiger partial charge in [-0.2, -0.15) is 0 Å². The van der Waals surface area contributed by atoms with E-state index in [1.165, 1.54) is 96.3 Å². The predicted molar refractivity (Wildman–Crippen MR) is 249 cm³/mol. The van der Waals surface area contributed by atoms with Crippen LogP contribution in [0, 0.1) is 0 Å². The molecule has 1 aliphatic carbocycles. The van der Waals surface area contributed by atoms with Crippen molar-refractivity contribution in [3.63, 3.8) is 0 Å². The molecular weight excluding hydrogens is 812 g/mol. The summed E-state index contributed by atoms with van der Waals surface area (Å²) in [5.74, 6) is -0.479. The summed E-state index contributed by atoms with van der Waals surface area (Å²) in [7, 11) is -5.02. The van der Waals surface area contributed by atoms with E-state index in [4.69, 9.17) is 18.5 Å². The molecule has 0 aliphatic heterocycles. The lowest BCUT2D eigenvalue weighted by molar-refractivity contribution is -0.220. The van der Waals surface area contributed by atoms with Crippen molar-refractivity contribution in [2.45, 2.75) is 249 Å². The molecule has 6 unspecified atom stereocenters. The number of rotatable bonds is 42. The Balaban J connectivity index is 2.35. The number of allylic oxidation sites excluding steroid dienone is 6. The van der Waals surface area contributed by atoms with Gasteiger partial charge < -0.3 is 39.9 Å². The van der Waals surface area contributed by atoms with Crippen LogP contribution in [-0.4, -0.2) is 98.9 Å². The molecule has 1 aliphatic rings. The molecule has 0 spiro atoms. The van der Waals surface area contributed by atoms with E-state index in [1.54, 1.807) is 0 Å². The first-order chi connectivity index (χ1) is 30.0. The van der Waals surface area contributed by atoms with Crippen LogP contribution in [0.1, 0.15) is 206 Å². The second-order valence-corrected chi connectivity index (χ2v) is 18.7. The monoisotopic (exact) mass is 903 g/mol. The van der Waals surface area contributed by atoms with Gasteiger partial charge in [0.1, 0.15) is 42.7 Å². The zero-order valence-electron chi connectivity index (χ0n) is 38.9. The van der Waals surface area contributed by atoms with Gasteiger partial charge in [-0.25, -0.2) is 4.57 Å². The van der Waals surface area contributed by atoms with Crippen molar-refractivity contribution in [1.29, 1.82) is 0 Å². The first kappa shape index (κ1) is 58.6. The smallest absolute Gasteiger partial charge is 0.457 e.